The zero-order chi connectivity index (χ0) is 17.1. The maximum absolute atomic E-state index is 12.4. The van der Waals surface area contributed by atoms with Gasteiger partial charge in [0.15, 0.2) is 5.82 Å². The number of nitrogens with one attached hydrogen (secondary N) is 1. The molecular formula is C20H25N3O2. The van der Waals surface area contributed by atoms with Crippen LogP contribution in [0.5, 0.6) is 0 Å². The molecule has 1 aromatic carbocycles. The van der Waals surface area contributed by atoms with Gasteiger partial charge < -0.3 is 9.84 Å². The highest BCUT2D eigenvalue weighted by molar-refractivity contribution is 5.79. The molecule has 0 radical (unpaired) electrons. The summed E-state index contributed by atoms with van der Waals surface area (Å²) >= 11 is 0. The number of fused-ring (bicyclic) bond motifs is 1. The van der Waals surface area contributed by atoms with Gasteiger partial charge in [-0.15, -0.1) is 0 Å². The van der Waals surface area contributed by atoms with Crippen LogP contribution >= 0.6 is 0 Å². The van der Waals surface area contributed by atoms with Gasteiger partial charge in [-0.1, -0.05) is 42.3 Å². The highest BCUT2D eigenvalue weighted by Gasteiger charge is 2.25. The zero-order valence-electron chi connectivity index (χ0n) is 14.5. The van der Waals surface area contributed by atoms with Gasteiger partial charge >= 0.3 is 0 Å². The molecule has 0 aliphatic heterocycles. The summed E-state index contributed by atoms with van der Waals surface area (Å²) in [6.45, 7) is 0.570. The minimum absolute atomic E-state index is 0.0780. The van der Waals surface area contributed by atoms with E-state index in [9.17, 15) is 4.79 Å². The molecule has 0 unspecified atom stereocenters. The number of aryl methyl sites for hydroxylation is 1. The lowest BCUT2D eigenvalue weighted by Gasteiger charge is -2.23. The number of rotatable bonds is 5. The number of hydrogen-bond acceptors (Lipinski definition) is 4. The number of carbonyl (C=O) groups is 1. The largest absolute Gasteiger partial charge is 0.355 e. The molecule has 1 fully saturated rings. The van der Waals surface area contributed by atoms with Gasteiger partial charge in [0, 0.05) is 24.8 Å². The smallest absolute Gasteiger partial charge is 0.229 e. The van der Waals surface area contributed by atoms with Gasteiger partial charge in [0.25, 0.3) is 0 Å². The number of carbonyl (C=O) groups excluding carboxylic acids is 1. The van der Waals surface area contributed by atoms with Gasteiger partial charge in [-0.25, -0.2) is 0 Å². The topological polar surface area (TPSA) is 68.0 Å². The molecule has 4 rings (SSSR count). The lowest BCUT2D eigenvalue weighted by Crippen LogP contribution is -2.35. The van der Waals surface area contributed by atoms with Gasteiger partial charge in [0.05, 0.1) is 0 Å². The summed E-state index contributed by atoms with van der Waals surface area (Å²) < 4.78 is 5.39. The van der Waals surface area contributed by atoms with Gasteiger partial charge in [0.2, 0.25) is 11.8 Å². The standard InChI is InChI=1S/C20H25N3O2/c24-19(17-10-9-14-5-1-4-8-16(14)13-17)21-12-11-18-22-20(25-23-18)15-6-2-3-7-15/h1,4-5,8,15,17H,2-3,6-7,9-13H2,(H,21,24)/t17-/m1/s1. The molecule has 1 amide bonds. The summed E-state index contributed by atoms with van der Waals surface area (Å²) in [5.41, 5.74) is 2.70. The van der Waals surface area contributed by atoms with Crippen molar-refractivity contribution < 1.29 is 9.32 Å². The molecule has 2 aliphatic rings. The Bertz CT molecular complexity index is 734. The van der Waals surface area contributed by atoms with E-state index in [1.165, 1.54) is 24.0 Å². The second-order valence-electron chi connectivity index (χ2n) is 7.28. The van der Waals surface area contributed by atoms with Gasteiger partial charge in [-0.2, -0.15) is 4.98 Å². The molecule has 0 saturated heterocycles. The number of benzene rings is 1. The third kappa shape index (κ3) is 3.75. The monoisotopic (exact) mass is 339 g/mol. The second-order valence-corrected chi connectivity index (χ2v) is 7.28. The predicted octanol–water partition coefficient (Wildman–Crippen LogP) is 3.19. The molecule has 25 heavy (non-hydrogen) atoms. The molecule has 0 spiro atoms. The fraction of sp³-hybridized carbons (Fsp3) is 0.550. The maximum Gasteiger partial charge on any atom is 0.229 e. The molecule has 1 saturated carbocycles. The lowest BCUT2D eigenvalue weighted by molar-refractivity contribution is -0.125. The van der Waals surface area contributed by atoms with E-state index >= 15 is 0 Å². The van der Waals surface area contributed by atoms with Crippen molar-refractivity contribution in [1.29, 1.82) is 0 Å². The predicted molar refractivity (Wildman–Crippen MR) is 94.2 cm³/mol. The number of aromatic nitrogens is 2. The first kappa shape index (κ1) is 16.3. The van der Waals surface area contributed by atoms with Crippen molar-refractivity contribution in [2.24, 2.45) is 5.92 Å². The summed E-state index contributed by atoms with van der Waals surface area (Å²) in [7, 11) is 0. The molecule has 1 heterocycles. The minimum Gasteiger partial charge on any atom is -0.355 e. The third-order valence-electron chi connectivity index (χ3n) is 5.55. The van der Waals surface area contributed by atoms with Crippen molar-refractivity contribution in [2.45, 2.75) is 57.3 Å². The van der Waals surface area contributed by atoms with Crippen LogP contribution in [0.1, 0.15) is 60.9 Å². The molecule has 2 aliphatic carbocycles. The minimum atomic E-state index is 0.0780. The first-order chi connectivity index (χ1) is 12.3. The summed E-state index contributed by atoms with van der Waals surface area (Å²) in [6, 6.07) is 8.43. The molecule has 1 N–H and O–H groups in total. The lowest BCUT2D eigenvalue weighted by atomic mass is 9.83. The first-order valence-electron chi connectivity index (χ1n) is 9.46. The van der Waals surface area contributed by atoms with Crippen LogP contribution in [0.3, 0.4) is 0 Å². The van der Waals surface area contributed by atoms with Crippen LogP contribution in [0.25, 0.3) is 0 Å². The molecule has 5 heteroatoms. The molecule has 132 valence electrons. The fourth-order valence-corrected chi connectivity index (χ4v) is 4.07. The van der Waals surface area contributed by atoms with Crippen LogP contribution < -0.4 is 5.32 Å². The second kappa shape index (κ2) is 7.38. The van der Waals surface area contributed by atoms with Crippen LogP contribution in [-0.4, -0.2) is 22.6 Å². The Morgan fingerprint density at radius 2 is 1.96 bits per heavy atom. The first-order valence-corrected chi connectivity index (χ1v) is 9.46. The zero-order valence-corrected chi connectivity index (χ0v) is 14.5. The summed E-state index contributed by atoms with van der Waals surface area (Å²) in [6.07, 6.45) is 8.21. The van der Waals surface area contributed by atoms with Gasteiger partial charge in [-0.3, -0.25) is 4.79 Å². The average molecular weight is 339 g/mol. The van der Waals surface area contributed by atoms with Gasteiger partial charge in [-0.05, 0) is 43.2 Å². The van der Waals surface area contributed by atoms with Crippen molar-refractivity contribution >= 4 is 5.91 Å². The van der Waals surface area contributed by atoms with E-state index < -0.39 is 0 Å². The normalized spacial score (nSPS) is 20.4. The van der Waals surface area contributed by atoms with E-state index in [1.807, 2.05) is 0 Å². The van der Waals surface area contributed by atoms with Gasteiger partial charge in [0.1, 0.15) is 0 Å². The third-order valence-corrected chi connectivity index (χ3v) is 5.55. The summed E-state index contributed by atoms with van der Waals surface area (Å²) in [5, 5.41) is 7.11. The van der Waals surface area contributed by atoms with Crippen molar-refractivity contribution in [3.63, 3.8) is 0 Å². The number of nitrogens with zero attached hydrogens (tertiary/aromatic N) is 2. The van der Waals surface area contributed by atoms with Crippen molar-refractivity contribution in [3.8, 4) is 0 Å². The van der Waals surface area contributed by atoms with Crippen LogP contribution in [-0.2, 0) is 24.1 Å². The Labute approximate surface area is 148 Å². The number of amides is 1. The highest BCUT2D eigenvalue weighted by Crippen LogP contribution is 2.32. The Morgan fingerprint density at radius 3 is 2.80 bits per heavy atom. The molecule has 2 aromatic rings. The Kier molecular flexibility index (Phi) is 4.81. The van der Waals surface area contributed by atoms with E-state index in [0.29, 0.717) is 24.7 Å². The van der Waals surface area contributed by atoms with Crippen LogP contribution in [0, 0.1) is 5.92 Å². The highest BCUT2D eigenvalue weighted by atomic mass is 16.5. The van der Waals surface area contributed by atoms with Crippen LogP contribution in [0.4, 0.5) is 0 Å². The fourth-order valence-electron chi connectivity index (χ4n) is 4.07. The van der Waals surface area contributed by atoms with Crippen molar-refractivity contribution in [3.05, 3.63) is 47.1 Å². The molecule has 1 aromatic heterocycles. The van der Waals surface area contributed by atoms with E-state index in [1.54, 1.807) is 0 Å². The molecule has 0 bridgehead atoms. The van der Waals surface area contributed by atoms with Crippen molar-refractivity contribution in [1.82, 2.24) is 15.5 Å². The molecular weight excluding hydrogens is 314 g/mol. The average Bonchev–Trinajstić information content (AvgIpc) is 3.32. The quantitative estimate of drug-likeness (QED) is 0.908. The molecule has 5 nitrogen and oxygen atoms in total. The number of hydrogen-bond donors (Lipinski definition) is 1. The Hall–Kier alpha value is -2.17. The summed E-state index contributed by atoms with van der Waals surface area (Å²) in [4.78, 5) is 16.9. The molecule has 1 atom stereocenters. The Balaban J connectivity index is 1.25. The summed E-state index contributed by atoms with van der Waals surface area (Å²) in [5.74, 6) is 2.15. The maximum atomic E-state index is 12.4. The van der Waals surface area contributed by atoms with Crippen LogP contribution in [0.2, 0.25) is 0 Å². The van der Waals surface area contributed by atoms with Crippen molar-refractivity contribution in [2.75, 3.05) is 6.54 Å². The van der Waals surface area contributed by atoms with E-state index in [2.05, 4.69) is 39.7 Å². The SMILES string of the molecule is O=C(NCCc1noc(C2CCCC2)n1)[C@@H]1CCc2ccccc2C1. The van der Waals surface area contributed by atoms with E-state index in [4.69, 9.17) is 4.52 Å². The Morgan fingerprint density at radius 1 is 1.16 bits per heavy atom. The van der Waals surface area contributed by atoms with Crippen LogP contribution in [0.15, 0.2) is 28.8 Å². The van der Waals surface area contributed by atoms with E-state index in [0.717, 1.165) is 38.0 Å². The van der Waals surface area contributed by atoms with E-state index in [-0.39, 0.29) is 11.8 Å².